The van der Waals surface area contributed by atoms with Crippen molar-refractivity contribution in [1.29, 1.82) is 0 Å². The van der Waals surface area contributed by atoms with Gasteiger partial charge in [-0.15, -0.1) is 0 Å². The van der Waals surface area contributed by atoms with E-state index in [-0.39, 0.29) is 5.82 Å². The van der Waals surface area contributed by atoms with Crippen LogP contribution in [0.25, 0.3) is 0 Å². The van der Waals surface area contributed by atoms with Crippen LogP contribution in [0.4, 0.5) is 8.78 Å². The minimum absolute atomic E-state index is 0.311. The average molecular weight is 235 g/mol. The molecule has 0 amide bonds. The molecule has 0 aliphatic heterocycles. The van der Waals surface area contributed by atoms with Gasteiger partial charge in [0, 0.05) is 0 Å². The number of rotatable bonds is 2. The molecule has 1 aromatic heterocycles. The number of nitrogens with zero attached hydrogens (tertiary/aromatic N) is 1. The van der Waals surface area contributed by atoms with Crippen LogP contribution in [0.2, 0.25) is 0 Å². The molecule has 1 heterocycles. The van der Waals surface area contributed by atoms with E-state index in [1.165, 1.54) is 43.3 Å². The van der Waals surface area contributed by atoms with Gasteiger partial charge in [-0.1, -0.05) is 12.1 Å². The molecule has 0 spiro atoms. The molecule has 0 fully saturated rings. The number of pyridine rings is 1. The Morgan fingerprint density at radius 2 is 1.59 bits per heavy atom. The normalized spacial score (nSPS) is 14.4. The summed E-state index contributed by atoms with van der Waals surface area (Å²) in [6.07, 6.45) is 1.04. The Balaban J connectivity index is 2.41. The molecule has 17 heavy (non-hydrogen) atoms. The first-order valence-electron chi connectivity index (χ1n) is 5.10. The van der Waals surface area contributed by atoms with E-state index in [0.29, 0.717) is 11.3 Å². The zero-order valence-corrected chi connectivity index (χ0v) is 9.19. The topological polar surface area (TPSA) is 33.1 Å². The number of halogens is 2. The molecular formula is C13H11F2NO. The lowest BCUT2D eigenvalue weighted by Crippen LogP contribution is -2.24. The van der Waals surface area contributed by atoms with Crippen LogP contribution in [0.3, 0.4) is 0 Å². The van der Waals surface area contributed by atoms with E-state index in [2.05, 4.69) is 4.98 Å². The van der Waals surface area contributed by atoms with Crippen LogP contribution in [0.5, 0.6) is 0 Å². The summed E-state index contributed by atoms with van der Waals surface area (Å²) in [5.74, 6) is -0.847. The lowest BCUT2D eigenvalue weighted by Gasteiger charge is -2.23. The molecule has 2 rings (SSSR count). The predicted molar refractivity (Wildman–Crippen MR) is 59.3 cm³/mol. The Kier molecular flexibility index (Phi) is 2.90. The van der Waals surface area contributed by atoms with E-state index in [1.807, 2.05) is 0 Å². The van der Waals surface area contributed by atoms with Crippen LogP contribution in [0.1, 0.15) is 18.2 Å². The molecule has 1 N–H and O–H groups in total. The molecule has 2 nitrogen and oxygen atoms in total. The van der Waals surface area contributed by atoms with Crippen molar-refractivity contribution >= 4 is 0 Å². The van der Waals surface area contributed by atoms with Crippen molar-refractivity contribution in [3.05, 3.63) is 65.5 Å². The number of hydrogen-bond donors (Lipinski definition) is 1. The van der Waals surface area contributed by atoms with Crippen molar-refractivity contribution in [2.75, 3.05) is 0 Å². The zero-order valence-electron chi connectivity index (χ0n) is 9.19. The molecule has 1 aromatic carbocycles. The van der Waals surface area contributed by atoms with Crippen LogP contribution in [0, 0.1) is 11.6 Å². The van der Waals surface area contributed by atoms with Gasteiger partial charge in [0.1, 0.15) is 17.2 Å². The van der Waals surface area contributed by atoms with Gasteiger partial charge in [-0.2, -0.15) is 0 Å². The monoisotopic (exact) mass is 235 g/mol. The summed E-state index contributed by atoms with van der Waals surface area (Å²) in [6, 6.07) is 8.08. The van der Waals surface area contributed by atoms with Gasteiger partial charge in [0.05, 0.1) is 11.9 Å². The summed E-state index contributed by atoms with van der Waals surface area (Å²) in [5, 5.41) is 10.3. The van der Waals surface area contributed by atoms with E-state index in [0.717, 1.165) is 6.20 Å². The molecule has 1 atom stereocenters. The molecule has 88 valence electrons. The smallest absolute Gasteiger partial charge is 0.141 e. The van der Waals surface area contributed by atoms with Gasteiger partial charge in [-0.05, 0) is 36.8 Å². The fourth-order valence-electron chi connectivity index (χ4n) is 1.59. The maximum absolute atomic E-state index is 12.8. The highest BCUT2D eigenvalue weighted by Gasteiger charge is 2.27. The van der Waals surface area contributed by atoms with Crippen molar-refractivity contribution in [2.24, 2.45) is 0 Å². The van der Waals surface area contributed by atoms with Crippen LogP contribution in [-0.2, 0) is 5.60 Å². The van der Waals surface area contributed by atoms with E-state index in [4.69, 9.17) is 0 Å². The third kappa shape index (κ3) is 2.31. The Bertz CT molecular complexity index is 458. The van der Waals surface area contributed by atoms with Crippen molar-refractivity contribution in [1.82, 2.24) is 4.98 Å². The molecule has 2 aromatic rings. The quantitative estimate of drug-likeness (QED) is 0.868. The van der Waals surface area contributed by atoms with Gasteiger partial charge in [-0.25, -0.2) is 8.78 Å². The SMILES string of the molecule is CC(O)(c1ccc(F)cc1)c1ccc(F)cn1. The van der Waals surface area contributed by atoms with Gasteiger partial charge in [0.15, 0.2) is 0 Å². The van der Waals surface area contributed by atoms with E-state index in [1.54, 1.807) is 0 Å². The molecule has 0 aliphatic rings. The van der Waals surface area contributed by atoms with Gasteiger partial charge in [-0.3, -0.25) is 4.98 Å². The van der Waals surface area contributed by atoms with Crippen molar-refractivity contribution < 1.29 is 13.9 Å². The highest BCUT2D eigenvalue weighted by atomic mass is 19.1. The summed E-state index contributed by atoms with van der Waals surface area (Å²) in [6.45, 7) is 1.53. The fourth-order valence-corrected chi connectivity index (χ4v) is 1.59. The third-order valence-corrected chi connectivity index (χ3v) is 2.63. The standard InChI is InChI=1S/C13H11F2NO/c1-13(17,9-2-4-10(14)5-3-9)12-7-6-11(15)8-16-12/h2-8,17H,1H3. The van der Waals surface area contributed by atoms with Crippen molar-refractivity contribution in [3.8, 4) is 0 Å². The second-order valence-corrected chi connectivity index (χ2v) is 3.94. The van der Waals surface area contributed by atoms with Gasteiger partial charge < -0.3 is 5.11 Å². The summed E-state index contributed by atoms with van der Waals surface area (Å²) >= 11 is 0. The maximum atomic E-state index is 12.8. The number of hydrogen-bond acceptors (Lipinski definition) is 2. The summed E-state index contributed by atoms with van der Waals surface area (Å²) in [7, 11) is 0. The number of aromatic nitrogens is 1. The summed E-state index contributed by atoms with van der Waals surface area (Å²) < 4.78 is 25.5. The average Bonchev–Trinajstić information content (AvgIpc) is 2.30. The minimum Gasteiger partial charge on any atom is -0.379 e. The first-order valence-corrected chi connectivity index (χ1v) is 5.10. The molecule has 0 aliphatic carbocycles. The molecule has 0 radical (unpaired) electrons. The van der Waals surface area contributed by atoms with E-state index in [9.17, 15) is 13.9 Å². The Labute approximate surface area is 97.6 Å². The first-order chi connectivity index (χ1) is 8.00. The Hall–Kier alpha value is -1.81. The first kappa shape index (κ1) is 11.7. The second kappa shape index (κ2) is 4.22. The minimum atomic E-state index is -1.37. The third-order valence-electron chi connectivity index (χ3n) is 2.63. The lowest BCUT2D eigenvalue weighted by molar-refractivity contribution is 0.0972. The molecule has 4 heteroatoms. The number of benzene rings is 1. The highest BCUT2D eigenvalue weighted by molar-refractivity contribution is 5.31. The van der Waals surface area contributed by atoms with Gasteiger partial charge in [0.25, 0.3) is 0 Å². The molecule has 0 saturated heterocycles. The lowest BCUT2D eigenvalue weighted by atomic mass is 9.92. The van der Waals surface area contributed by atoms with Crippen LogP contribution < -0.4 is 0 Å². The summed E-state index contributed by atoms with van der Waals surface area (Å²) in [4.78, 5) is 3.83. The maximum Gasteiger partial charge on any atom is 0.141 e. The van der Waals surface area contributed by atoms with E-state index >= 15 is 0 Å². The molecule has 1 unspecified atom stereocenters. The molecule has 0 saturated carbocycles. The van der Waals surface area contributed by atoms with Crippen LogP contribution in [-0.4, -0.2) is 10.1 Å². The predicted octanol–water partition coefficient (Wildman–Crippen LogP) is 2.62. The number of aliphatic hydroxyl groups is 1. The molecular weight excluding hydrogens is 224 g/mol. The van der Waals surface area contributed by atoms with Crippen molar-refractivity contribution in [2.45, 2.75) is 12.5 Å². The fraction of sp³-hybridized carbons (Fsp3) is 0.154. The Morgan fingerprint density at radius 1 is 1.00 bits per heavy atom. The van der Waals surface area contributed by atoms with Gasteiger partial charge >= 0.3 is 0 Å². The Morgan fingerprint density at radius 3 is 2.12 bits per heavy atom. The highest BCUT2D eigenvalue weighted by Crippen LogP contribution is 2.27. The van der Waals surface area contributed by atoms with Crippen LogP contribution in [0.15, 0.2) is 42.6 Å². The largest absolute Gasteiger partial charge is 0.379 e. The molecule has 0 bridgehead atoms. The van der Waals surface area contributed by atoms with E-state index < -0.39 is 11.4 Å². The van der Waals surface area contributed by atoms with Crippen LogP contribution >= 0.6 is 0 Å². The summed E-state index contributed by atoms with van der Waals surface area (Å²) in [5.41, 5.74) is -0.565. The van der Waals surface area contributed by atoms with Gasteiger partial charge in [0.2, 0.25) is 0 Å². The van der Waals surface area contributed by atoms with Crippen molar-refractivity contribution in [3.63, 3.8) is 0 Å². The second-order valence-electron chi connectivity index (χ2n) is 3.94. The zero-order chi connectivity index (χ0) is 12.5.